The Morgan fingerprint density at radius 1 is 1.21 bits per heavy atom. The van der Waals surface area contributed by atoms with Gasteiger partial charge in [-0.15, -0.1) is 0 Å². The van der Waals surface area contributed by atoms with Gasteiger partial charge in [-0.1, -0.05) is 30.4 Å². The van der Waals surface area contributed by atoms with Gasteiger partial charge < -0.3 is 10.6 Å². The van der Waals surface area contributed by atoms with Crippen molar-refractivity contribution in [3.8, 4) is 0 Å². The first-order chi connectivity index (χ1) is 9.00. The van der Waals surface area contributed by atoms with Gasteiger partial charge in [-0.05, 0) is 52.7 Å². The van der Waals surface area contributed by atoms with E-state index in [4.69, 9.17) is 18.0 Å². The third-order valence-electron chi connectivity index (χ3n) is 2.99. The lowest BCUT2D eigenvalue weighted by atomic mass is 10.1. The normalized spacial score (nSPS) is 10.3. The van der Waals surface area contributed by atoms with E-state index in [-0.39, 0.29) is 0 Å². The first-order valence-electron chi connectivity index (χ1n) is 5.89. The van der Waals surface area contributed by atoms with Crippen LogP contribution in [0.4, 0.5) is 11.4 Å². The molecule has 0 amide bonds. The van der Waals surface area contributed by atoms with Crippen molar-refractivity contribution in [3.63, 3.8) is 0 Å². The fraction of sp³-hybridized carbons (Fsp3) is 0.133. The Bertz CT molecular complexity index is 625. The molecule has 2 rings (SSSR count). The maximum absolute atomic E-state index is 5.84. The summed E-state index contributed by atoms with van der Waals surface area (Å²) in [5.74, 6) is 0. The van der Waals surface area contributed by atoms with Crippen LogP contribution < -0.4 is 10.6 Å². The van der Waals surface area contributed by atoms with Gasteiger partial charge in [0.2, 0.25) is 0 Å². The number of benzene rings is 2. The topological polar surface area (TPSA) is 29.3 Å². The van der Waals surface area contributed by atoms with Crippen molar-refractivity contribution in [1.29, 1.82) is 0 Å². The van der Waals surface area contributed by atoms with E-state index in [0.29, 0.717) is 4.99 Å². The third-order valence-corrected chi connectivity index (χ3v) is 3.85. The summed E-state index contributed by atoms with van der Waals surface area (Å²) in [5.41, 5.74) is 10.0. The summed E-state index contributed by atoms with van der Waals surface area (Å²) in [7, 11) is 2.01. The average Bonchev–Trinajstić information content (AvgIpc) is 2.37. The van der Waals surface area contributed by atoms with Crippen molar-refractivity contribution in [3.05, 3.63) is 58.1 Å². The molecule has 2 aromatic rings. The molecule has 0 aromatic heterocycles. The van der Waals surface area contributed by atoms with E-state index in [1.165, 1.54) is 5.56 Å². The molecule has 0 bridgehead atoms. The lowest BCUT2D eigenvalue weighted by Gasteiger charge is -2.23. The van der Waals surface area contributed by atoms with Gasteiger partial charge in [-0.25, -0.2) is 0 Å². The maximum atomic E-state index is 5.84. The molecule has 2 N–H and O–H groups in total. The minimum absolute atomic E-state index is 0.391. The molecule has 2 aromatic carbocycles. The highest BCUT2D eigenvalue weighted by Crippen LogP contribution is 2.31. The summed E-state index contributed by atoms with van der Waals surface area (Å²) in [6.45, 7) is 2.08. The van der Waals surface area contributed by atoms with E-state index >= 15 is 0 Å². The first-order valence-corrected chi connectivity index (χ1v) is 7.09. The van der Waals surface area contributed by atoms with Gasteiger partial charge in [0.25, 0.3) is 0 Å². The molecule has 19 heavy (non-hydrogen) atoms. The second kappa shape index (κ2) is 5.72. The number of halogens is 1. The predicted molar refractivity (Wildman–Crippen MR) is 89.3 cm³/mol. The van der Waals surface area contributed by atoms with Crippen molar-refractivity contribution in [1.82, 2.24) is 0 Å². The molecule has 0 aliphatic heterocycles. The van der Waals surface area contributed by atoms with Crippen LogP contribution in [0.2, 0.25) is 0 Å². The Labute approximate surface area is 127 Å². The number of nitrogens with two attached hydrogens (primary N) is 1. The minimum atomic E-state index is 0.391. The molecular weight excluding hydrogens is 320 g/mol. The molecule has 4 heteroatoms. The number of hydrogen-bond acceptors (Lipinski definition) is 2. The minimum Gasteiger partial charge on any atom is -0.389 e. The number of aryl methyl sites for hydroxylation is 1. The van der Waals surface area contributed by atoms with Crippen LogP contribution in [-0.2, 0) is 0 Å². The van der Waals surface area contributed by atoms with Crippen LogP contribution in [-0.4, -0.2) is 12.0 Å². The lowest BCUT2D eigenvalue weighted by Crippen LogP contribution is -2.18. The fourth-order valence-electron chi connectivity index (χ4n) is 2.01. The summed E-state index contributed by atoms with van der Waals surface area (Å²) >= 11 is 8.66. The Hall–Kier alpha value is -1.39. The Kier molecular flexibility index (Phi) is 4.22. The van der Waals surface area contributed by atoms with Crippen molar-refractivity contribution < 1.29 is 0 Å². The van der Waals surface area contributed by atoms with Crippen LogP contribution in [0.25, 0.3) is 0 Å². The van der Waals surface area contributed by atoms with Gasteiger partial charge in [-0.3, -0.25) is 0 Å². The zero-order valence-corrected chi connectivity index (χ0v) is 13.3. The summed E-state index contributed by atoms with van der Waals surface area (Å²) in [4.78, 5) is 2.48. The largest absolute Gasteiger partial charge is 0.389 e. The molecule has 0 heterocycles. The van der Waals surface area contributed by atoms with Crippen molar-refractivity contribution in [2.24, 2.45) is 5.73 Å². The van der Waals surface area contributed by atoms with Gasteiger partial charge in [0.15, 0.2) is 0 Å². The lowest BCUT2D eigenvalue weighted by molar-refractivity contribution is 1.19. The second-order valence-corrected chi connectivity index (χ2v) is 5.69. The molecule has 0 radical (unpaired) electrons. The van der Waals surface area contributed by atoms with E-state index in [2.05, 4.69) is 46.0 Å². The second-order valence-electron chi connectivity index (χ2n) is 4.40. The summed E-state index contributed by atoms with van der Waals surface area (Å²) in [6.07, 6.45) is 0. The molecule has 0 spiro atoms. The average molecular weight is 335 g/mol. The van der Waals surface area contributed by atoms with Crippen molar-refractivity contribution in [2.75, 3.05) is 11.9 Å². The summed E-state index contributed by atoms with van der Waals surface area (Å²) < 4.78 is 0.914. The van der Waals surface area contributed by atoms with Gasteiger partial charge >= 0.3 is 0 Å². The number of hydrogen-bond donors (Lipinski definition) is 1. The predicted octanol–water partition coefficient (Wildman–Crippen LogP) is 4.16. The number of nitrogens with zero attached hydrogens (tertiary/aromatic N) is 1. The molecule has 0 aliphatic rings. The van der Waals surface area contributed by atoms with E-state index < -0.39 is 0 Å². The van der Waals surface area contributed by atoms with Crippen LogP contribution in [0.15, 0.2) is 46.9 Å². The number of rotatable bonds is 3. The molecule has 0 aliphatic carbocycles. The van der Waals surface area contributed by atoms with Crippen LogP contribution in [0, 0.1) is 6.92 Å². The molecule has 98 valence electrons. The van der Waals surface area contributed by atoms with E-state index in [1.807, 2.05) is 31.3 Å². The molecule has 0 saturated heterocycles. The molecule has 0 atom stereocenters. The monoisotopic (exact) mass is 334 g/mol. The Balaban J connectivity index is 2.53. The van der Waals surface area contributed by atoms with Gasteiger partial charge in [0.1, 0.15) is 4.99 Å². The first kappa shape index (κ1) is 14.0. The van der Waals surface area contributed by atoms with Gasteiger partial charge in [0.05, 0.1) is 5.69 Å². The number of thiocarbonyl (C=S) groups is 1. The third kappa shape index (κ3) is 2.96. The standard InChI is InChI=1S/C15H15BrN2S/c1-10-5-3-6-11(9-10)18(2)13-8-4-7-12(16)14(13)15(17)19/h3-9H,1-2H3,(H2,17,19). The zero-order valence-electron chi connectivity index (χ0n) is 10.9. The fourth-order valence-corrected chi connectivity index (χ4v) is 2.93. The Morgan fingerprint density at radius 2 is 1.89 bits per heavy atom. The van der Waals surface area contributed by atoms with Crippen molar-refractivity contribution in [2.45, 2.75) is 6.92 Å². The highest BCUT2D eigenvalue weighted by Gasteiger charge is 2.14. The van der Waals surface area contributed by atoms with Gasteiger partial charge in [0, 0.05) is 22.8 Å². The smallest absolute Gasteiger partial charge is 0.107 e. The zero-order chi connectivity index (χ0) is 14.0. The van der Waals surface area contributed by atoms with E-state index in [0.717, 1.165) is 21.4 Å². The summed E-state index contributed by atoms with van der Waals surface area (Å²) in [5, 5.41) is 0. The number of anilines is 2. The Morgan fingerprint density at radius 3 is 2.53 bits per heavy atom. The van der Waals surface area contributed by atoms with Crippen molar-refractivity contribution >= 4 is 44.5 Å². The molecule has 0 unspecified atom stereocenters. The highest BCUT2D eigenvalue weighted by atomic mass is 79.9. The van der Waals surface area contributed by atoms with E-state index in [1.54, 1.807) is 0 Å². The van der Waals surface area contributed by atoms with Crippen LogP contribution in [0.3, 0.4) is 0 Å². The highest BCUT2D eigenvalue weighted by molar-refractivity contribution is 9.10. The van der Waals surface area contributed by atoms with Crippen LogP contribution in [0.1, 0.15) is 11.1 Å². The molecule has 0 saturated carbocycles. The molecule has 0 fully saturated rings. The van der Waals surface area contributed by atoms with Crippen LogP contribution >= 0.6 is 28.1 Å². The maximum Gasteiger partial charge on any atom is 0.107 e. The quantitative estimate of drug-likeness (QED) is 0.854. The van der Waals surface area contributed by atoms with E-state index in [9.17, 15) is 0 Å². The van der Waals surface area contributed by atoms with Crippen LogP contribution in [0.5, 0.6) is 0 Å². The molecular formula is C15H15BrN2S. The van der Waals surface area contributed by atoms with Gasteiger partial charge in [-0.2, -0.15) is 0 Å². The SMILES string of the molecule is Cc1cccc(N(C)c2cccc(Br)c2C(N)=S)c1. The summed E-state index contributed by atoms with van der Waals surface area (Å²) in [6, 6.07) is 14.3. The molecule has 2 nitrogen and oxygen atoms in total.